The van der Waals surface area contributed by atoms with E-state index in [0.29, 0.717) is 19.7 Å². The Bertz CT molecular complexity index is 330. The molecule has 0 aromatic rings. The summed E-state index contributed by atoms with van der Waals surface area (Å²) in [5.74, 6) is -0.716. The lowest BCUT2D eigenvalue weighted by Crippen LogP contribution is -2.54. The Balaban J connectivity index is 2.22. The van der Waals surface area contributed by atoms with Gasteiger partial charge in [0.1, 0.15) is 0 Å². The minimum absolute atomic E-state index is 0.0464. The van der Waals surface area contributed by atoms with E-state index in [-0.39, 0.29) is 18.4 Å². The Labute approximate surface area is 126 Å². The number of amides is 1. The second-order valence-corrected chi connectivity index (χ2v) is 5.33. The number of ether oxygens (including phenoxy) is 1. The number of carbonyl (C=O) groups is 2. The van der Waals surface area contributed by atoms with E-state index >= 15 is 0 Å². The van der Waals surface area contributed by atoms with Gasteiger partial charge in [0.05, 0.1) is 12.5 Å². The monoisotopic (exact) mass is 301 g/mol. The van der Waals surface area contributed by atoms with E-state index < -0.39 is 5.97 Å². The van der Waals surface area contributed by atoms with Crippen LogP contribution in [0.15, 0.2) is 0 Å². The summed E-state index contributed by atoms with van der Waals surface area (Å²) < 4.78 is 4.94. The number of carboxylic acid groups (broad SMARTS) is 1. The zero-order valence-electron chi connectivity index (χ0n) is 13.0. The molecule has 0 unspecified atom stereocenters. The highest BCUT2D eigenvalue weighted by Gasteiger charge is 2.25. The highest BCUT2D eigenvalue weighted by molar-refractivity contribution is 5.81. The van der Waals surface area contributed by atoms with Crippen LogP contribution in [0.4, 0.5) is 0 Å². The van der Waals surface area contributed by atoms with Crippen molar-refractivity contribution in [2.75, 3.05) is 53.0 Å². The first-order valence-electron chi connectivity index (χ1n) is 7.49. The van der Waals surface area contributed by atoms with Crippen LogP contribution in [-0.4, -0.2) is 85.8 Å². The summed E-state index contributed by atoms with van der Waals surface area (Å²) in [6, 6.07) is -0.144. The highest BCUT2D eigenvalue weighted by atomic mass is 16.5. The molecule has 1 aliphatic rings. The van der Waals surface area contributed by atoms with Gasteiger partial charge in [-0.15, -0.1) is 0 Å². The number of aliphatic carboxylic acids is 1. The molecule has 1 amide bonds. The smallest absolute Gasteiger partial charge is 0.304 e. The molecule has 1 saturated heterocycles. The molecule has 1 atom stereocenters. The van der Waals surface area contributed by atoms with Crippen LogP contribution in [0.1, 0.15) is 19.8 Å². The fraction of sp³-hybridized carbons (Fsp3) is 0.857. The van der Waals surface area contributed by atoms with Crippen LogP contribution >= 0.6 is 0 Å². The predicted octanol–water partition coefficient (Wildman–Crippen LogP) is -0.380. The molecule has 1 fully saturated rings. The lowest BCUT2D eigenvalue weighted by molar-refractivity contribution is -0.137. The number of hydrogen-bond acceptors (Lipinski definition) is 5. The zero-order valence-corrected chi connectivity index (χ0v) is 13.0. The van der Waals surface area contributed by atoms with Gasteiger partial charge in [0, 0.05) is 53.0 Å². The third-order valence-electron chi connectivity index (χ3n) is 3.80. The van der Waals surface area contributed by atoms with E-state index in [2.05, 4.69) is 15.1 Å². The fourth-order valence-electron chi connectivity index (χ4n) is 2.37. The molecule has 0 spiro atoms. The lowest BCUT2D eigenvalue weighted by Gasteiger charge is -2.37. The number of hydrogen-bond donors (Lipinski definition) is 2. The summed E-state index contributed by atoms with van der Waals surface area (Å²) in [6.45, 7) is 7.01. The van der Waals surface area contributed by atoms with Crippen molar-refractivity contribution >= 4 is 11.9 Å². The van der Waals surface area contributed by atoms with Gasteiger partial charge in [-0.1, -0.05) is 0 Å². The van der Waals surface area contributed by atoms with Crippen molar-refractivity contribution in [3.8, 4) is 0 Å². The highest BCUT2D eigenvalue weighted by Crippen LogP contribution is 2.07. The van der Waals surface area contributed by atoms with Gasteiger partial charge >= 0.3 is 5.97 Å². The maximum absolute atomic E-state index is 12.0. The molecule has 0 aliphatic carbocycles. The van der Waals surface area contributed by atoms with E-state index in [0.717, 1.165) is 32.6 Å². The zero-order chi connectivity index (χ0) is 15.7. The van der Waals surface area contributed by atoms with Crippen LogP contribution in [0, 0.1) is 0 Å². The Morgan fingerprint density at radius 2 is 1.95 bits per heavy atom. The fourth-order valence-corrected chi connectivity index (χ4v) is 2.37. The summed E-state index contributed by atoms with van der Waals surface area (Å²) in [4.78, 5) is 26.8. The minimum atomic E-state index is -0.763. The topological polar surface area (TPSA) is 82.1 Å². The number of rotatable bonds is 9. The maximum Gasteiger partial charge on any atom is 0.304 e. The Morgan fingerprint density at radius 1 is 1.29 bits per heavy atom. The first-order chi connectivity index (χ1) is 10.0. The second kappa shape index (κ2) is 9.70. The number of carboxylic acids is 1. The molecule has 0 radical (unpaired) electrons. The molecule has 0 aromatic carbocycles. The van der Waals surface area contributed by atoms with Gasteiger partial charge in [-0.3, -0.25) is 14.5 Å². The summed E-state index contributed by atoms with van der Waals surface area (Å²) in [7, 11) is 1.65. The van der Waals surface area contributed by atoms with Crippen LogP contribution in [0.2, 0.25) is 0 Å². The average Bonchev–Trinajstić information content (AvgIpc) is 2.49. The molecule has 2 N–H and O–H groups in total. The Morgan fingerprint density at radius 3 is 2.52 bits per heavy atom. The van der Waals surface area contributed by atoms with Crippen LogP contribution in [0.3, 0.4) is 0 Å². The minimum Gasteiger partial charge on any atom is -0.481 e. The number of piperazine rings is 1. The predicted molar refractivity (Wildman–Crippen MR) is 79.2 cm³/mol. The third kappa shape index (κ3) is 6.88. The van der Waals surface area contributed by atoms with Crippen LogP contribution in [0.25, 0.3) is 0 Å². The van der Waals surface area contributed by atoms with Crippen molar-refractivity contribution in [3.63, 3.8) is 0 Å². The molecule has 21 heavy (non-hydrogen) atoms. The molecule has 0 aromatic heterocycles. The van der Waals surface area contributed by atoms with Crippen molar-refractivity contribution < 1.29 is 19.4 Å². The second-order valence-electron chi connectivity index (χ2n) is 5.33. The van der Waals surface area contributed by atoms with E-state index in [1.165, 1.54) is 0 Å². The largest absolute Gasteiger partial charge is 0.481 e. The van der Waals surface area contributed by atoms with Gasteiger partial charge in [-0.25, -0.2) is 0 Å². The van der Waals surface area contributed by atoms with Crippen molar-refractivity contribution in [1.82, 2.24) is 15.1 Å². The van der Waals surface area contributed by atoms with Gasteiger partial charge in [0.15, 0.2) is 0 Å². The van der Waals surface area contributed by atoms with Crippen LogP contribution in [0.5, 0.6) is 0 Å². The maximum atomic E-state index is 12.0. The summed E-state index contributed by atoms with van der Waals surface area (Å²) in [6.07, 6.45) is 0.994. The van der Waals surface area contributed by atoms with Gasteiger partial charge in [0.2, 0.25) is 5.91 Å². The normalized spacial score (nSPS) is 18.4. The van der Waals surface area contributed by atoms with E-state index in [1.807, 2.05) is 6.92 Å². The standard InChI is InChI=1S/C14H27N3O4/c1-12(14(20)15-5-3-11-21-2)17-9-7-16(8-10-17)6-4-13(18)19/h12H,3-11H2,1-2H3,(H,15,20)(H,18,19)/t12-/m1/s1. The van der Waals surface area contributed by atoms with Gasteiger partial charge in [-0.2, -0.15) is 0 Å². The molecular formula is C14H27N3O4. The van der Waals surface area contributed by atoms with Crippen LogP contribution in [-0.2, 0) is 14.3 Å². The molecule has 7 nitrogen and oxygen atoms in total. The van der Waals surface area contributed by atoms with Crippen molar-refractivity contribution in [2.24, 2.45) is 0 Å². The molecule has 1 heterocycles. The van der Waals surface area contributed by atoms with Gasteiger partial charge in [0.25, 0.3) is 0 Å². The number of carbonyl (C=O) groups excluding carboxylic acids is 1. The van der Waals surface area contributed by atoms with Crippen molar-refractivity contribution in [3.05, 3.63) is 0 Å². The lowest BCUT2D eigenvalue weighted by atomic mass is 10.2. The van der Waals surface area contributed by atoms with Gasteiger partial charge in [-0.05, 0) is 13.3 Å². The number of nitrogens with one attached hydrogen (secondary N) is 1. The average molecular weight is 301 g/mol. The Kier molecular flexibility index (Phi) is 8.26. The molecule has 0 bridgehead atoms. The quantitative estimate of drug-likeness (QED) is 0.565. The molecule has 0 saturated carbocycles. The molecule has 7 heteroatoms. The van der Waals surface area contributed by atoms with Crippen molar-refractivity contribution in [2.45, 2.75) is 25.8 Å². The SMILES string of the molecule is COCCCNC(=O)[C@@H](C)N1CCN(CCC(=O)O)CC1. The van der Waals surface area contributed by atoms with E-state index in [4.69, 9.17) is 9.84 Å². The first-order valence-corrected chi connectivity index (χ1v) is 7.49. The van der Waals surface area contributed by atoms with Crippen LogP contribution < -0.4 is 5.32 Å². The number of nitrogens with zero attached hydrogens (tertiary/aromatic N) is 2. The summed E-state index contributed by atoms with van der Waals surface area (Å²) in [5.41, 5.74) is 0. The van der Waals surface area contributed by atoms with Crippen molar-refractivity contribution in [1.29, 1.82) is 0 Å². The molecule has 1 rings (SSSR count). The molecule has 122 valence electrons. The first kappa shape index (κ1) is 17.9. The van der Waals surface area contributed by atoms with Gasteiger partial charge < -0.3 is 20.1 Å². The molecule has 1 aliphatic heterocycles. The third-order valence-corrected chi connectivity index (χ3v) is 3.80. The van der Waals surface area contributed by atoms with E-state index in [9.17, 15) is 9.59 Å². The van der Waals surface area contributed by atoms with E-state index in [1.54, 1.807) is 7.11 Å². The number of methoxy groups -OCH3 is 1. The molecular weight excluding hydrogens is 274 g/mol. The summed E-state index contributed by atoms with van der Waals surface area (Å²) >= 11 is 0. The Hall–Kier alpha value is -1.18. The summed E-state index contributed by atoms with van der Waals surface area (Å²) in [5, 5.41) is 11.6.